The van der Waals surface area contributed by atoms with E-state index in [4.69, 9.17) is 16.3 Å². The van der Waals surface area contributed by atoms with E-state index in [0.29, 0.717) is 22.9 Å². The fourth-order valence-corrected chi connectivity index (χ4v) is 4.26. The minimum absolute atomic E-state index is 0.241. The van der Waals surface area contributed by atoms with E-state index in [1.807, 2.05) is 32.0 Å². The Labute approximate surface area is 177 Å². The lowest BCUT2D eigenvalue weighted by atomic mass is 10.1. The van der Waals surface area contributed by atoms with Gasteiger partial charge in [-0.05, 0) is 50.1 Å². The van der Waals surface area contributed by atoms with E-state index in [0.717, 1.165) is 17.4 Å². The normalized spacial score (nSPS) is 12.3. The number of carbonyl (C=O) groups is 1. The van der Waals surface area contributed by atoms with Gasteiger partial charge in [0.15, 0.2) is 0 Å². The Morgan fingerprint density at radius 2 is 1.83 bits per heavy atom. The van der Waals surface area contributed by atoms with Gasteiger partial charge in [-0.15, -0.1) is 0 Å². The third-order valence-electron chi connectivity index (χ3n) is 4.43. The number of sulfonamides is 1. The number of halogens is 1. The Hall–Kier alpha value is -2.25. The van der Waals surface area contributed by atoms with Crippen molar-refractivity contribution in [1.82, 2.24) is 5.32 Å². The molecule has 0 heterocycles. The van der Waals surface area contributed by atoms with Crippen LogP contribution in [-0.4, -0.2) is 39.8 Å². The van der Waals surface area contributed by atoms with Crippen molar-refractivity contribution in [1.29, 1.82) is 0 Å². The third-order valence-corrected chi connectivity index (χ3v) is 6.02. The molecule has 1 N–H and O–H groups in total. The van der Waals surface area contributed by atoms with Gasteiger partial charge in [-0.1, -0.05) is 42.3 Å². The SMILES string of the molecule is CCC(C(=O)NCCOc1ccc(C)c(Cl)c1)N(c1ccc(C)cc1)S(C)(=O)=O. The molecule has 0 saturated heterocycles. The van der Waals surface area contributed by atoms with Gasteiger partial charge in [0, 0.05) is 5.02 Å². The van der Waals surface area contributed by atoms with E-state index >= 15 is 0 Å². The average molecular weight is 439 g/mol. The number of aryl methyl sites for hydroxylation is 2. The van der Waals surface area contributed by atoms with Gasteiger partial charge in [0.1, 0.15) is 18.4 Å². The molecule has 1 unspecified atom stereocenters. The highest BCUT2D eigenvalue weighted by Gasteiger charge is 2.31. The van der Waals surface area contributed by atoms with E-state index in [-0.39, 0.29) is 19.1 Å². The molecule has 2 rings (SSSR count). The van der Waals surface area contributed by atoms with Crippen LogP contribution >= 0.6 is 11.6 Å². The summed E-state index contributed by atoms with van der Waals surface area (Å²) in [7, 11) is -3.64. The third kappa shape index (κ3) is 6.37. The van der Waals surface area contributed by atoms with Crippen LogP contribution in [0.2, 0.25) is 5.02 Å². The molecule has 6 nitrogen and oxygen atoms in total. The zero-order chi connectivity index (χ0) is 21.6. The Balaban J connectivity index is 2.03. The van der Waals surface area contributed by atoms with Gasteiger partial charge in [0.25, 0.3) is 0 Å². The van der Waals surface area contributed by atoms with E-state index in [1.165, 1.54) is 4.31 Å². The maximum absolute atomic E-state index is 12.7. The molecule has 0 radical (unpaired) electrons. The smallest absolute Gasteiger partial charge is 0.244 e. The number of amides is 1. The highest BCUT2D eigenvalue weighted by Crippen LogP contribution is 2.23. The highest BCUT2D eigenvalue weighted by molar-refractivity contribution is 7.92. The molecule has 8 heteroatoms. The van der Waals surface area contributed by atoms with Crippen molar-refractivity contribution in [2.45, 2.75) is 33.2 Å². The molecule has 0 aromatic heterocycles. The monoisotopic (exact) mass is 438 g/mol. The quantitative estimate of drug-likeness (QED) is 0.606. The number of benzene rings is 2. The van der Waals surface area contributed by atoms with Crippen molar-refractivity contribution in [3.05, 3.63) is 58.6 Å². The minimum Gasteiger partial charge on any atom is -0.492 e. The molecule has 29 heavy (non-hydrogen) atoms. The number of rotatable bonds is 9. The molecule has 0 saturated carbocycles. The molecule has 0 aliphatic heterocycles. The summed E-state index contributed by atoms with van der Waals surface area (Å²) in [5.74, 6) is 0.239. The second-order valence-electron chi connectivity index (χ2n) is 6.87. The van der Waals surface area contributed by atoms with Crippen LogP contribution in [0.25, 0.3) is 0 Å². The second kappa shape index (κ2) is 9.98. The summed E-state index contributed by atoms with van der Waals surface area (Å²) in [5.41, 5.74) is 2.42. The molecule has 0 aliphatic carbocycles. The highest BCUT2D eigenvalue weighted by atomic mass is 35.5. The van der Waals surface area contributed by atoms with Crippen molar-refractivity contribution in [2.24, 2.45) is 0 Å². The van der Waals surface area contributed by atoms with Crippen molar-refractivity contribution in [3.63, 3.8) is 0 Å². The number of ether oxygens (including phenoxy) is 1. The number of carbonyl (C=O) groups excluding carboxylic acids is 1. The zero-order valence-electron chi connectivity index (χ0n) is 17.1. The Kier molecular flexibility index (Phi) is 7.93. The van der Waals surface area contributed by atoms with Gasteiger partial charge < -0.3 is 10.1 Å². The maximum Gasteiger partial charge on any atom is 0.244 e. The number of hydrogen-bond acceptors (Lipinski definition) is 4. The first-order valence-electron chi connectivity index (χ1n) is 9.36. The average Bonchev–Trinajstić information content (AvgIpc) is 2.66. The van der Waals surface area contributed by atoms with Crippen LogP contribution in [0, 0.1) is 13.8 Å². The van der Waals surface area contributed by atoms with Gasteiger partial charge in [0.05, 0.1) is 18.5 Å². The van der Waals surface area contributed by atoms with Crippen LogP contribution in [0.15, 0.2) is 42.5 Å². The van der Waals surface area contributed by atoms with Crippen LogP contribution < -0.4 is 14.4 Å². The molecule has 2 aromatic carbocycles. The van der Waals surface area contributed by atoms with Crippen LogP contribution in [0.4, 0.5) is 5.69 Å². The summed E-state index contributed by atoms with van der Waals surface area (Å²) in [6, 6.07) is 11.6. The standard InChI is InChI=1S/C21H27ClN2O4S/c1-5-20(24(29(4,26)27)17-9-6-15(2)7-10-17)21(25)23-12-13-28-18-11-8-16(3)19(22)14-18/h6-11,14,20H,5,12-13H2,1-4H3,(H,23,25). The van der Waals surface area contributed by atoms with Crippen LogP contribution in [0.5, 0.6) is 5.75 Å². The summed E-state index contributed by atoms with van der Waals surface area (Å²) < 4.78 is 31.6. The number of nitrogens with zero attached hydrogens (tertiary/aromatic N) is 1. The zero-order valence-corrected chi connectivity index (χ0v) is 18.7. The Morgan fingerprint density at radius 1 is 1.17 bits per heavy atom. The number of hydrogen-bond donors (Lipinski definition) is 1. The Bertz CT molecular complexity index is 946. The summed E-state index contributed by atoms with van der Waals surface area (Å²) in [6.45, 7) is 6.08. The molecular formula is C21H27ClN2O4S. The predicted molar refractivity (Wildman–Crippen MR) is 117 cm³/mol. The van der Waals surface area contributed by atoms with Crippen molar-refractivity contribution >= 4 is 33.2 Å². The molecule has 0 aliphatic rings. The van der Waals surface area contributed by atoms with Crippen LogP contribution in [-0.2, 0) is 14.8 Å². The van der Waals surface area contributed by atoms with Crippen molar-refractivity contribution in [3.8, 4) is 5.75 Å². The lowest BCUT2D eigenvalue weighted by Crippen LogP contribution is -2.50. The molecule has 0 bridgehead atoms. The first-order valence-corrected chi connectivity index (χ1v) is 11.6. The number of anilines is 1. The molecule has 0 fully saturated rings. The summed E-state index contributed by atoms with van der Waals surface area (Å²) in [5, 5.41) is 3.37. The lowest BCUT2D eigenvalue weighted by molar-refractivity contribution is -0.122. The van der Waals surface area contributed by atoms with Crippen LogP contribution in [0.1, 0.15) is 24.5 Å². The van der Waals surface area contributed by atoms with Gasteiger partial charge in [-0.2, -0.15) is 0 Å². The molecule has 1 amide bonds. The van der Waals surface area contributed by atoms with E-state index in [2.05, 4.69) is 5.32 Å². The first-order chi connectivity index (χ1) is 13.6. The topological polar surface area (TPSA) is 75.7 Å². The van der Waals surface area contributed by atoms with E-state index in [9.17, 15) is 13.2 Å². The van der Waals surface area contributed by atoms with E-state index < -0.39 is 16.1 Å². The minimum atomic E-state index is -3.64. The molecule has 2 aromatic rings. The first kappa shape index (κ1) is 23.0. The predicted octanol–water partition coefficient (Wildman–Crippen LogP) is 3.70. The fourth-order valence-electron chi connectivity index (χ4n) is 2.88. The number of nitrogens with one attached hydrogen (secondary N) is 1. The van der Waals surface area contributed by atoms with Crippen LogP contribution in [0.3, 0.4) is 0 Å². The van der Waals surface area contributed by atoms with E-state index in [1.54, 1.807) is 31.2 Å². The largest absolute Gasteiger partial charge is 0.492 e. The second-order valence-corrected chi connectivity index (χ2v) is 9.14. The summed E-state index contributed by atoms with van der Waals surface area (Å²) in [6.07, 6.45) is 1.44. The fraction of sp³-hybridized carbons (Fsp3) is 0.381. The van der Waals surface area contributed by atoms with Crippen molar-refractivity contribution < 1.29 is 17.9 Å². The molecule has 0 spiro atoms. The Morgan fingerprint density at radius 3 is 2.38 bits per heavy atom. The van der Waals surface area contributed by atoms with Gasteiger partial charge >= 0.3 is 0 Å². The summed E-state index contributed by atoms with van der Waals surface area (Å²) >= 11 is 6.07. The molecule has 1 atom stereocenters. The van der Waals surface area contributed by atoms with Gasteiger partial charge in [-0.25, -0.2) is 8.42 Å². The lowest BCUT2D eigenvalue weighted by Gasteiger charge is -2.30. The van der Waals surface area contributed by atoms with Crippen molar-refractivity contribution in [2.75, 3.05) is 23.7 Å². The maximum atomic E-state index is 12.7. The van der Waals surface area contributed by atoms with Gasteiger partial charge in [-0.3, -0.25) is 9.10 Å². The van der Waals surface area contributed by atoms with Gasteiger partial charge in [0.2, 0.25) is 15.9 Å². The molecular weight excluding hydrogens is 412 g/mol. The summed E-state index contributed by atoms with van der Waals surface area (Å²) in [4.78, 5) is 12.7. The molecule has 158 valence electrons.